The van der Waals surface area contributed by atoms with E-state index in [9.17, 15) is 14.0 Å². The Balaban J connectivity index is 1.70. The number of carbonyl (C=O) groups excluding carboxylic acids is 2. The minimum absolute atomic E-state index is 0.0297. The van der Waals surface area contributed by atoms with Crippen LogP contribution >= 0.6 is 11.6 Å². The van der Waals surface area contributed by atoms with E-state index in [-0.39, 0.29) is 22.7 Å². The van der Waals surface area contributed by atoms with Gasteiger partial charge in [0.25, 0.3) is 0 Å². The predicted octanol–water partition coefficient (Wildman–Crippen LogP) is 2.41. The minimum atomic E-state index is -0.873. The van der Waals surface area contributed by atoms with Crippen LogP contribution in [0.5, 0.6) is 0 Å². The SMILES string of the molecule is NCC1Cc2ccccc2C1NC(=O)C(=O)Nc1ccc(Cl)c(F)c1. The lowest BCUT2D eigenvalue weighted by Crippen LogP contribution is -2.40. The first kappa shape index (κ1) is 17.4. The second kappa shape index (κ2) is 7.21. The average Bonchev–Trinajstić information content (AvgIpc) is 2.96. The molecule has 7 heteroatoms. The van der Waals surface area contributed by atoms with Crippen LogP contribution < -0.4 is 16.4 Å². The highest BCUT2D eigenvalue weighted by atomic mass is 35.5. The number of rotatable bonds is 3. The Morgan fingerprint density at radius 2 is 1.96 bits per heavy atom. The Hall–Kier alpha value is -2.44. The number of anilines is 1. The Kier molecular flexibility index (Phi) is 5.01. The fourth-order valence-corrected chi connectivity index (χ4v) is 3.18. The van der Waals surface area contributed by atoms with Crippen molar-refractivity contribution in [3.63, 3.8) is 0 Å². The van der Waals surface area contributed by atoms with Crippen molar-refractivity contribution in [1.29, 1.82) is 0 Å². The zero-order valence-electron chi connectivity index (χ0n) is 13.3. The summed E-state index contributed by atoms with van der Waals surface area (Å²) >= 11 is 5.59. The number of carbonyl (C=O) groups is 2. The molecule has 0 fully saturated rings. The maximum absolute atomic E-state index is 13.4. The molecule has 130 valence electrons. The van der Waals surface area contributed by atoms with Gasteiger partial charge in [0.2, 0.25) is 0 Å². The Bertz CT molecular complexity index is 828. The van der Waals surface area contributed by atoms with Crippen LogP contribution in [0.3, 0.4) is 0 Å². The van der Waals surface area contributed by atoms with Gasteiger partial charge in [-0.1, -0.05) is 35.9 Å². The molecule has 2 atom stereocenters. The number of halogens is 2. The van der Waals surface area contributed by atoms with E-state index < -0.39 is 17.6 Å². The zero-order valence-corrected chi connectivity index (χ0v) is 14.0. The van der Waals surface area contributed by atoms with Gasteiger partial charge in [0.1, 0.15) is 5.82 Å². The summed E-state index contributed by atoms with van der Waals surface area (Å²) < 4.78 is 13.4. The maximum Gasteiger partial charge on any atom is 0.313 e. The van der Waals surface area contributed by atoms with Crippen LogP contribution in [-0.4, -0.2) is 18.4 Å². The first-order valence-electron chi connectivity index (χ1n) is 7.84. The second-order valence-electron chi connectivity index (χ2n) is 5.93. The Morgan fingerprint density at radius 3 is 2.68 bits per heavy atom. The van der Waals surface area contributed by atoms with Gasteiger partial charge in [-0.3, -0.25) is 9.59 Å². The lowest BCUT2D eigenvalue weighted by molar-refractivity contribution is -0.136. The first-order valence-corrected chi connectivity index (χ1v) is 8.22. The summed E-state index contributed by atoms with van der Waals surface area (Å²) in [7, 11) is 0. The molecule has 0 bridgehead atoms. The monoisotopic (exact) mass is 361 g/mol. The largest absolute Gasteiger partial charge is 0.341 e. The van der Waals surface area contributed by atoms with E-state index in [4.69, 9.17) is 17.3 Å². The molecule has 25 heavy (non-hydrogen) atoms. The fourth-order valence-electron chi connectivity index (χ4n) is 3.06. The van der Waals surface area contributed by atoms with Crippen LogP contribution in [0.2, 0.25) is 5.02 Å². The molecule has 2 aromatic rings. The topological polar surface area (TPSA) is 84.2 Å². The van der Waals surface area contributed by atoms with Crippen molar-refractivity contribution in [2.45, 2.75) is 12.5 Å². The summed E-state index contributed by atoms with van der Waals surface area (Å²) in [4.78, 5) is 24.3. The van der Waals surface area contributed by atoms with Crippen LogP contribution in [-0.2, 0) is 16.0 Å². The summed E-state index contributed by atoms with van der Waals surface area (Å²) in [5.41, 5.74) is 8.04. The van der Waals surface area contributed by atoms with Crippen molar-refractivity contribution in [3.8, 4) is 0 Å². The average molecular weight is 362 g/mol. The molecule has 1 aliphatic rings. The van der Waals surface area contributed by atoms with Crippen molar-refractivity contribution >= 4 is 29.1 Å². The number of amides is 2. The number of hydrogen-bond donors (Lipinski definition) is 3. The van der Waals surface area contributed by atoms with Crippen molar-refractivity contribution in [2.75, 3.05) is 11.9 Å². The molecule has 0 saturated heterocycles. The normalized spacial score (nSPS) is 18.5. The van der Waals surface area contributed by atoms with Gasteiger partial charge in [0.05, 0.1) is 11.1 Å². The fraction of sp³-hybridized carbons (Fsp3) is 0.222. The summed E-state index contributed by atoms with van der Waals surface area (Å²) in [6, 6.07) is 11.2. The third kappa shape index (κ3) is 3.65. The number of fused-ring (bicyclic) bond motifs is 1. The molecule has 2 amide bonds. The minimum Gasteiger partial charge on any atom is -0.341 e. The quantitative estimate of drug-likeness (QED) is 0.734. The summed E-state index contributed by atoms with van der Waals surface area (Å²) in [6.07, 6.45) is 0.752. The maximum atomic E-state index is 13.4. The standard InChI is InChI=1S/C18H17ClFN3O2/c19-14-6-5-12(8-15(14)20)22-17(24)18(25)23-16-11(9-21)7-10-3-1-2-4-13(10)16/h1-6,8,11,16H,7,9,21H2,(H,22,24)(H,23,25). The number of hydrogen-bond acceptors (Lipinski definition) is 3. The second-order valence-corrected chi connectivity index (χ2v) is 6.34. The number of nitrogens with one attached hydrogen (secondary N) is 2. The highest BCUT2D eigenvalue weighted by Gasteiger charge is 2.33. The third-order valence-electron chi connectivity index (χ3n) is 4.32. The number of benzene rings is 2. The van der Waals surface area contributed by atoms with E-state index in [1.807, 2.05) is 24.3 Å². The molecule has 4 N–H and O–H groups in total. The highest BCUT2D eigenvalue weighted by Crippen LogP contribution is 2.35. The molecular weight excluding hydrogens is 345 g/mol. The van der Waals surface area contributed by atoms with Crippen molar-refractivity contribution < 1.29 is 14.0 Å². The predicted molar refractivity (Wildman–Crippen MR) is 93.6 cm³/mol. The highest BCUT2D eigenvalue weighted by molar-refractivity contribution is 6.39. The molecule has 0 aromatic heterocycles. The van der Waals surface area contributed by atoms with Gasteiger partial charge in [-0.2, -0.15) is 0 Å². The van der Waals surface area contributed by atoms with Crippen molar-refractivity contribution in [2.24, 2.45) is 11.7 Å². The van der Waals surface area contributed by atoms with Gasteiger partial charge in [0, 0.05) is 5.69 Å². The zero-order chi connectivity index (χ0) is 18.0. The van der Waals surface area contributed by atoms with E-state index in [0.29, 0.717) is 6.54 Å². The van der Waals surface area contributed by atoms with Crippen molar-refractivity contribution in [1.82, 2.24) is 5.32 Å². The molecule has 0 aliphatic heterocycles. The third-order valence-corrected chi connectivity index (χ3v) is 4.62. The van der Waals surface area contributed by atoms with Crippen LogP contribution in [0.15, 0.2) is 42.5 Å². The van der Waals surface area contributed by atoms with Crippen LogP contribution in [0.4, 0.5) is 10.1 Å². The van der Waals surface area contributed by atoms with E-state index in [2.05, 4.69) is 10.6 Å². The molecule has 3 rings (SSSR count). The van der Waals surface area contributed by atoms with Crippen LogP contribution in [0.25, 0.3) is 0 Å². The Labute approximate surface area is 149 Å². The lowest BCUT2D eigenvalue weighted by atomic mass is 10.0. The molecule has 0 radical (unpaired) electrons. The molecule has 5 nitrogen and oxygen atoms in total. The van der Waals surface area contributed by atoms with Gasteiger partial charge >= 0.3 is 11.8 Å². The summed E-state index contributed by atoms with van der Waals surface area (Å²) in [5.74, 6) is -2.31. The lowest BCUT2D eigenvalue weighted by Gasteiger charge is -2.20. The van der Waals surface area contributed by atoms with E-state index in [1.165, 1.54) is 12.1 Å². The molecule has 2 unspecified atom stereocenters. The molecule has 0 saturated carbocycles. The van der Waals surface area contributed by atoms with Gasteiger partial charge < -0.3 is 16.4 Å². The van der Waals surface area contributed by atoms with Gasteiger partial charge in [-0.15, -0.1) is 0 Å². The molecular formula is C18H17ClFN3O2. The van der Waals surface area contributed by atoms with Crippen molar-refractivity contribution in [3.05, 3.63) is 64.4 Å². The summed E-state index contributed by atoms with van der Waals surface area (Å²) in [5, 5.41) is 5.03. The van der Waals surface area contributed by atoms with Gasteiger partial charge in [0.15, 0.2) is 0 Å². The first-order chi connectivity index (χ1) is 12.0. The molecule has 2 aromatic carbocycles. The molecule has 0 heterocycles. The summed E-state index contributed by atoms with van der Waals surface area (Å²) in [6.45, 7) is 0.393. The van der Waals surface area contributed by atoms with E-state index in [0.717, 1.165) is 23.6 Å². The van der Waals surface area contributed by atoms with Crippen LogP contribution in [0.1, 0.15) is 17.2 Å². The van der Waals surface area contributed by atoms with E-state index in [1.54, 1.807) is 0 Å². The smallest absolute Gasteiger partial charge is 0.313 e. The van der Waals surface area contributed by atoms with Gasteiger partial charge in [-0.25, -0.2) is 4.39 Å². The van der Waals surface area contributed by atoms with E-state index >= 15 is 0 Å². The van der Waals surface area contributed by atoms with Crippen LogP contribution in [0, 0.1) is 11.7 Å². The molecule has 0 spiro atoms. The number of nitrogens with two attached hydrogens (primary N) is 1. The van der Waals surface area contributed by atoms with Gasteiger partial charge in [-0.05, 0) is 48.2 Å². The molecule has 1 aliphatic carbocycles. The Morgan fingerprint density at radius 1 is 1.20 bits per heavy atom.